The summed E-state index contributed by atoms with van der Waals surface area (Å²) in [5.41, 5.74) is 3.69. The first-order chi connectivity index (χ1) is 12.5. The summed E-state index contributed by atoms with van der Waals surface area (Å²) in [6, 6.07) is 13.9. The molecule has 0 unspecified atom stereocenters. The number of hydrogen-bond acceptors (Lipinski definition) is 3. The van der Waals surface area contributed by atoms with Gasteiger partial charge in [-0.1, -0.05) is 36.8 Å². The Morgan fingerprint density at radius 3 is 2.65 bits per heavy atom. The number of hydrogen-bond donors (Lipinski definition) is 1. The van der Waals surface area contributed by atoms with Crippen LogP contribution in [0.3, 0.4) is 0 Å². The van der Waals surface area contributed by atoms with E-state index in [1.165, 1.54) is 17.3 Å². The standard InChI is InChI=1S/C21H24N2O2S/c1-4-15(3)22-21(25)17-9-10-19-18(11-17)23(20(24)13-26-19)12-16-7-5-14(2)6-8-16/h5-11,15H,4,12-13H2,1-3H3,(H,22,25)/t15-/m0/s1. The second-order valence-electron chi connectivity index (χ2n) is 6.72. The van der Waals surface area contributed by atoms with E-state index in [0.29, 0.717) is 17.9 Å². The fraction of sp³-hybridized carbons (Fsp3) is 0.333. The molecule has 0 fully saturated rings. The number of benzene rings is 2. The second kappa shape index (κ2) is 7.96. The molecule has 0 aliphatic carbocycles. The molecule has 1 aliphatic rings. The monoisotopic (exact) mass is 368 g/mol. The van der Waals surface area contributed by atoms with Crippen molar-refractivity contribution in [2.24, 2.45) is 0 Å². The Hall–Kier alpha value is -2.27. The van der Waals surface area contributed by atoms with Gasteiger partial charge in [0.05, 0.1) is 18.0 Å². The van der Waals surface area contributed by atoms with Gasteiger partial charge in [-0.05, 0) is 44.0 Å². The molecule has 1 atom stereocenters. The van der Waals surface area contributed by atoms with Crippen molar-refractivity contribution < 1.29 is 9.59 Å². The maximum atomic E-state index is 12.5. The van der Waals surface area contributed by atoms with Crippen LogP contribution in [0.25, 0.3) is 0 Å². The van der Waals surface area contributed by atoms with Crippen molar-refractivity contribution in [1.29, 1.82) is 0 Å². The lowest BCUT2D eigenvalue weighted by Crippen LogP contribution is -2.35. The highest BCUT2D eigenvalue weighted by molar-refractivity contribution is 8.00. The Kier molecular flexibility index (Phi) is 5.67. The van der Waals surface area contributed by atoms with Crippen LogP contribution in [0.4, 0.5) is 5.69 Å². The lowest BCUT2D eigenvalue weighted by Gasteiger charge is -2.29. The number of nitrogens with zero attached hydrogens (tertiary/aromatic N) is 1. The molecule has 26 heavy (non-hydrogen) atoms. The second-order valence-corrected chi connectivity index (χ2v) is 7.74. The zero-order valence-corrected chi connectivity index (χ0v) is 16.2. The third-order valence-corrected chi connectivity index (χ3v) is 5.66. The number of anilines is 1. The van der Waals surface area contributed by atoms with Gasteiger partial charge in [0, 0.05) is 16.5 Å². The Labute approximate surface area is 159 Å². The lowest BCUT2D eigenvalue weighted by molar-refractivity contribution is -0.116. The van der Waals surface area contributed by atoms with Crippen LogP contribution in [0.1, 0.15) is 41.8 Å². The normalized spacial score (nSPS) is 14.7. The highest BCUT2D eigenvalue weighted by Crippen LogP contribution is 2.36. The molecule has 0 radical (unpaired) electrons. The minimum absolute atomic E-state index is 0.0718. The number of thioether (sulfide) groups is 1. The first-order valence-electron chi connectivity index (χ1n) is 8.91. The summed E-state index contributed by atoms with van der Waals surface area (Å²) in [7, 11) is 0. The number of rotatable bonds is 5. The molecule has 1 N–H and O–H groups in total. The van der Waals surface area contributed by atoms with E-state index < -0.39 is 0 Å². The Balaban J connectivity index is 1.89. The molecule has 2 aromatic rings. The van der Waals surface area contributed by atoms with Crippen LogP contribution >= 0.6 is 11.8 Å². The van der Waals surface area contributed by atoms with Crippen LogP contribution in [0.2, 0.25) is 0 Å². The Morgan fingerprint density at radius 1 is 1.23 bits per heavy atom. The summed E-state index contributed by atoms with van der Waals surface area (Å²) < 4.78 is 0. The molecule has 0 saturated heterocycles. The summed E-state index contributed by atoms with van der Waals surface area (Å²) >= 11 is 1.53. The molecule has 1 aliphatic heterocycles. The molecule has 0 spiro atoms. The van der Waals surface area contributed by atoms with Gasteiger partial charge in [0.2, 0.25) is 5.91 Å². The van der Waals surface area contributed by atoms with Crippen molar-refractivity contribution in [3.05, 3.63) is 59.2 Å². The quantitative estimate of drug-likeness (QED) is 0.862. The van der Waals surface area contributed by atoms with E-state index in [9.17, 15) is 9.59 Å². The van der Waals surface area contributed by atoms with Gasteiger partial charge in [0.1, 0.15) is 0 Å². The maximum Gasteiger partial charge on any atom is 0.251 e. The van der Waals surface area contributed by atoms with Crippen molar-refractivity contribution in [2.45, 2.75) is 44.7 Å². The van der Waals surface area contributed by atoms with E-state index in [1.54, 1.807) is 4.90 Å². The molecule has 0 saturated carbocycles. The molecule has 4 nitrogen and oxygen atoms in total. The van der Waals surface area contributed by atoms with Crippen LogP contribution in [0.15, 0.2) is 47.4 Å². The number of fused-ring (bicyclic) bond motifs is 1. The van der Waals surface area contributed by atoms with Crippen LogP contribution in [-0.2, 0) is 11.3 Å². The minimum atomic E-state index is -0.0968. The van der Waals surface area contributed by atoms with Gasteiger partial charge in [-0.25, -0.2) is 0 Å². The van der Waals surface area contributed by atoms with Crippen molar-refractivity contribution >= 4 is 29.3 Å². The number of carbonyl (C=O) groups excluding carboxylic acids is 2. The molecule has 1 heterocycles. The minimum Gasteiger partial charge on any atom is -0.350 e. The Morgan fingerprint density at radius 2 is 1.96 bits per heavy atom. The maximum absolute atomic E-state index is 12.5. The van der Waals surface area contributed by atoms with Gasteiger partial charge in [-0.2, -0.15) is 0 Å². The molecule has 0 aromatic heterocycles. The topological polar surface area (TPSA) is 49.4 Å². The van der Waals surface area contributed by atoms with Gasteiger partial charge in [-0.15, -0.1) is 11.8 Å². The van der Waals surface area contributed by atoms with Crippen LogP contribution in [0.5, 0.6) is 0 Å². The number of amides is 2. The molecule has 5 heteroatoms. The van der Waals surface area contributed by atoms with Gasteiger partial charge in [0.15, 0.2) is 0 Å². The van der Waals surface area contributed by atoms with Crippen molar-refractivity contribution in [3.63, 3.8) is 0 Å². The largest absolute Gasteiger partial charge is 0.350 e. The van der Waals surface area contributed by atoms with E-state index in [4.69, 9.17) is 0 Å². The predicted molar refractivity (Wildman–Crippen MR) is 107 cm³/mol. The average Bonchev–Trinajstić information content (AvgIpc) is 2.65. The van der Waals surface area contributed by atoms with Crippen LogP contribution in [-0.4, -0.2) is 23.6 Å². The highest BCUT2D eigenvalue weighted by atomic mass is 32.2. The van der Waals surface area contributed by atoms with E-state index >= 15 is 0 Å². The van der Waals surface area contributed by atoms with Crippen molar-refractivity contribution in [3.8, 4) is 0 Å². The Bertz CT molecular complexity index is 817. The fourth-order valence-corrected chi connectivity index (χ4v) is 3.72. The number of carbonyl (C=O) groups is 2. The highest BCUT2D eigenvalue weighted by Gasteiger charge is 2.26. The average molecular weight is 369 g/mol. The van der Waals surface area contributed by atoms with Crippen LogP contribution in [0, 0.1) is 6.92 Å². The molecule has 136 valence electrons. The number of nitrogens with one attached hydrogen (secondary N) is 1. The van der Waals surface area contributed by atoms with Gasteiger partial charge < -0.3 is 10.2 Å². The fourth-order valence-electron chi connectivity index (χ4n) is 2.80. The van der Waals surface area contributed by atoms with E-state index in [2.05, 4.69) is 17.4 Å². The van der Waals surface area contributed by atoms with E-state index in [-0.39, 0.29) is 17.9 Å². The smallest absolute Gasteiger partial charge is 0.251 e. The molecular formula is C21H24N2O2S. The zero-order chi connectivity index (χ0) is 18.7. The van der Waals surface area contributed by atoms with Crippen molar-refractivity contribution in [2.75, 3.05) is 10.7 Å². The van der Waals surface area contributed by atoms with Crippen molar-refractivity contribution in [1.82, 2.24) is 5.32 Å². The summed E-state index contributed by atoms with van der Waals surface area (Å²) in [4.78, 5) is 27.8. The number of aryl methyl sites for hydroxylation is 1. The SMILES string of the molecule is CC[C@H](C)NC(=O)c1ccc2c(c1)N(Cc1ccc(C)cc1)C(=O)CS2. The van der Waals surface area contributed by atoms with Gasteiger partial charge >= 0.3 is 0 Å². The summed E-state index contributed by atoms with van der Waals surface area (Å²) in [5, 5.41) is 2.99. The van der Waals surface area contributed by atoms with E-state index in [0.717, 1.165) is 22.6 Å². The first-order valence-corrected chi connectivity index (χ1v) is 9.90. The predicted octanol–water partition coefficient (Wildman–Crippen LogP) is 4.16. The summed E-state index contributed by atoms with van der Waals surface area (Å²) in [6.07, 6.45) is 0.880. The molecular weight excluding hydrogens is 344 g/mol. The molecule has 2 amide bonds. The molecule has 2 aromatic carbocycles. The third-order valence-electron chi connectivity index (χ3n) is 4.62. The first kappa shape index (κ1) is 18.5. The molecule has 3 rings (SSSR count). The van der Waals surface area contributed by atoms with Crippen LogP contribution < -0.4 is 10.2 Å². The zero-order valence-electron chi connectivity index (χ0n) is 15.4. The summed E-state index contributed by atoms with van der Waals surface area (Å²) in [5.74, 6) is 0.403. The summed E-state index contributed by atoms with van der Waals surface area (Å²) in [6.45, 7) is 6.59. The molecule has 0 bridgehead atoms. The van der Waals surface area contributed by atoms with E-state index in [1.807, 2.05) is 51.1 Å². The third kappa shape index (κ3) is 4.10. The van der Waals surface area contributed by atoms with Gasteiger partial charge in [0.25, 0.3) is 5.91 Å². The van der Waals surface area contributed by atoms with Gasteiger partial charge in [-0.3, -0.25) is 9.59 Å². The lowest BCUT2D eigenvalue weighted by atomic mass is 10.1.